The van der Waals surface area contributed by atoms with Crippen LogP contribution in [0.3, 0.4) is 0 Å². The van der Waals surface area contributed by atoms with E-state index >= 15 is 0 Å². The van der Waals surface area contributed by atoms with Crippen LogP contribution < -0.4 is 5.69 Å². The number of aromatic amines is 1. The van der Waals surface area contributed by atoms with E-state index in [0.29, 0.717) is 25.0 Å². The second-order valence-corrected chi connectivity index (χ2v) is 8.77. The van der Waals surface area contributed by atoms with Gasteiger partial charge in [-0.2, -0.15) is 0 Å². The number of halogens is 1. The molecule has 3 heterocycles. The number of aromatic nitrogens is 3. The minimum Gasteiger partial charge on any atom is -0.444 e. The van der Waals surface area contributed by atoms with Crippen molar-refractivity contribution in [3.05, 3.63) is 39.4 Å². The Morgan fingerprint density at radius 2 is 2.15 bits per heavy atom. The standard InChI is InChI=1S/C19H21BrN4O3/c1-19(2,3)27-18(26)23-7-6-12(10-23)24-16-13-8-11(20)4-5-14(13)21-9-15(16)22-17(24)25/h4-5,8-9,12H,6-7,10H2,1-3H3,(H,22,25). The van der Waals surface area contributed by atoms with Gasteiger partial charge in [0, 0.05) is 22.9 Å². The predicted molar refractivity (Wildman–Crippen MR) is 107 cm³/mol. The van der Waals surface area contributed by atoms with Gasteiger partial charge in [-0.25, -0.2) is 9.59 Å². The number of rotatable bonds is 1. The Hall–Kier alpha value is -2.35. The lowest BCUT2D eigenvalue weighted by Crippen LogP contribution is -2.36. The van der Waals surface area contributed by atoms with Crippen molar-refractivity contribution in [2.45, 2.75) is 38.8 Å². The number of nitrogens with one attached hydrogen (secondary N) is 1. The van der Waals surface area contributed by atoms with E-state index in [1.54, 1.807) is 15.7 Å². The van der Waals surface area contributed by atoms with Crippen LogP contribution in [0, 0.1) is 0 Å². The summed E-state index contributed by atoms with van der Waals surface area (Å²) in [7, 11) is 0. The molecule has 1 aromatic carbocycles. The van der Waals surface area contributed by atoms with Gasteiger partial charge in [-0.1, -0.05) is 15.9 Å². The highest BCUT2D eigenvalue weighted by molar-refractivity contribution is 9.10. The quantitative estimate of drug-likeness (QED) is 0.633. The number of hydrogen-bond acceptors (Lipinski definition) is 4. The molecule has 1 fully saturated rings. The molecular weight excluding hydrogens is 412 g/mol. The molecule has 0 aliphatic carbocycles. The van der Waals surface area contributed by atoms with E-state index in [9.17, 15) is 9.59 Å². The molecule has 142 valence electrons. The third-order valence-corrected chi connectivity index (χ3v) is 5.18. The van der Waals surface area contributed by atoms with Gasteiger partial charge in [0.2, 0.25) is 0 Å². The van der Waals surface area contributed by atoms with Gasteiger partial charge in [0.25, 0.3) is 0 Å². The number of benzene rings is 1. The summed E-state index contributed by atoms with van der Waals surface area (Å²) >= 11 is 3.49. The first kappa shape index (κ1) is 18.0. The Morgan fingerprint density at radius 3 is 2.89 bits per heavy atom. The molecule has 1 aliphatic heterocycles. The summed E-state index contributed by atoms with van der Waals surface area (Å²) in [5.41, 5.74) is 1.61. The number of pyridine rings is 1. The van der Waals surface area contributed by atoms with Crippen LogP contribution in [-0.2, 0) is 4.74 Å². The molecule has 1 unspecified atom stereocenters. The van der Waals surface area contributed by atoms with Crippen molar-refractivity contribution < 1.29 is 9.53 Å². The summed E-state index contributed by atoms with van der Waals surface area (Å²) in [6.45, 7) is 6.55. The van der Waals surface area contributed by atoms with Gasteiger partial charge in [-0.15, -0.1) is 0 Å². The van der Waals surface area contributed by atoms with Crippen molar-refractivity contribution in [1.82, 2.24) is 19.4 Å². The average molecular weight is 433 g/mol. The summed E-state index contributed by atoms with van der Waals surface area (Å²) in [6, 6.07) is 5.70. The van der Waals surface area contributed by atoms with Crippen molar-refractivity contribution in [2.75, 3.05) is 13.1 Å². The minimum atomic E-state index is -0.541. The maximum absolute atomic E-state index is 12.7. The molecule has 1 saturated heterocycles. The molecule has 7 nitrogen and oxygen atoms in total. The molecular formula is C19H21BrN4O3. The van der Waals surface area contributed by atoms with E-state index in [1.807, 2.05) is 39.0 Å². The number of ether oxygens (including phenoxy) is 1. The lowest BCUT2D eigenvalue weighted by atomic mass is 10.1. The number of H-pyrrole nitrogens is 1. The van der Waals surface area contributed by atoms with Gasteiger partial charge in [0.1, 0.15) is 5.60 Å². The Bertz CT molecular complexity index is 1100. The number of imidazole rings is 1. The van der Waals surface area contributed by atoms with E-state index in [2.05, 4.69) is 25.9 Å². The Morgan fingerprint density at radius 1 is 1.37 bits per heavy atom. The fraction of sp³-hybridized carbons (Fsp3) is 0.421. The molecule has 0 saturated carbocycles. The molecule has 8 heteroatoms. The Kier molecular flexibility index (Phi) is 4.25. The van der Waals surface area contributed by atoms with Gasteiger partial charge >= 0.3 is 11.8 Å². The Balaban J connectivity index is 1.74. The molecule has 1 aliphatic rings. The van der Waals surface area contributed by atoms with Crippen LogP contribution in [0.1, 0.15) is 33.2 Å². The molecule has 3 aromatic rings. The van der Waals surface area contributed by atoms with Gasteiger partial charge in [-0.05, 0) is 45.4 Å². The summed E-state index contributed by atoms with van der Waals surface area (Å²) in [5.74, 6) is 0. The highest BCUT2D eigenvalue weighted by Gasteiger charge is 2.32. The summed E-state index contributed by atoms with van der Waals surface area (Å²) in [6.07, 6.45) is 2.04. The number of hydrogen-bond donors (Lipinski definition) is 1. The van der Waals surface area contributed by atoms with Crippen molar-refractivity contribution in [1.29, 1.82) is 0 Å². The van der Waals surface area contributed by atoms with Crippen molar-refractivity contribution in [3.8, 4) is 0 Å². The van der Waals surface area contributed by atoms with Gasteiger partial charge in [0.15, 0.2) is 0 Å². The number of carbonyl (C=O) groups is 1. The molecule has 1 N–H and O–H groups in total. The molecule has 1 atom stereocenters. The minimum absolute atomic E-state index is 0.108. The lowest BCUT2D eigenvalue weighted by molar-refractivity contribution is 0.0289. The number of likely N-dealkylation sites (tertiary alicyclic amines) is 1. The molecule has 1 amide bonds. The molecule has 0 bridgehead atoms. The van der Waals surface area contributed by atoms with Crippen LogP contribution >= 0.6 is 15.9 Å². The number of nitrogens with zero attached hydrogens (tertiary/aromatic N) is 3. The topological polar surface area (TPSA) is 80.2 Å². The first-order chi connectivity index (χ1) is 12.7. The van der Waals surface area contributed by atoms with Crippen LogP contribution in [0.25, 0.3) is 21.9 Å². The maximum atomic E-state index is 12.7. The highest BCUT2D eigenvalue weighted by atomic mass is 79.9. The largest absolute Gasteiger partial charge is 0.444 e. The normalized spacial score (nSPS) is 17.8. The summed E-state index contributed by atoms with van der Waals surface area (Å²) in [4.78, 5) is 34.1. The molecule has 27 heavy (non-hydrogen) atoms. The van der Waals surface area contributed by atoms with Crippen LogP contribution in [0.5, 0.6) is 0 Å². The third kappa shape index (κ3) is 3.34. The van der Waals surface area contributed by atoms with Gasteiger partial charge < -0.3 is 14.6 Å². The number of amides is 1. The fourth-order valence-corrected chi connectivity index (χ4v) is 3.93. The van der Waals surface area contributed by atoms with Crippen LogP contribution in [0.4, 0.5) is 4.79 Å². The first-order valence-corrected chi connectivity index (χ1v) is 9.68. The highest BCUT2D eigenvalue weighted by Crippen LogP contribution is 2.30. The predicted octanol–water partition coefficient (Wildman–Crippen LogP) is 3.82. The zero-order valence-corrected chi connectivity index (χ0v) is 17.0. The molecule has 4 rings (SSSR count). The van der Waals surface area contributed by atoms with E-state index in [4.69, 9.17) is 4.74 Å². The smallest absolute Gasteiger partial charge is 0.410 e. The molecule has 0 spiro atoms. The summed E-state index contributed by atoms with van der Waals surface area (Å²) < 4.78 is 8.15. The zero-order valence-electron chi connectivity index (χ0n) is 15.5. The lowest BCUT2D eigenvalue weighted by Gasteiger charge is -2.24. The number of carbonyl (C=O) groups excluding carboxylic acids is 1. The van der Waals surface area contributed by atoms with Crippen LogP contribution in [0.15, 0.2) is 33.7 Å². The monoisotopic (exact) mass is 432 g/mol. The van der Waals surface area contributed by atoms with Crippen molar-refractivity contribution in [2.24, 2.45) is 0 Å². The van der Waals surface area contributed by atoms with E-state index < -0.39 is 5.60 Å². The van der Waals surface area contributed by atoms with E-state index in [1.165, 1.54) is 0 Å². The van der Waals surface area contributed by atoms with Gasteiger partial charge in [0.05, 0.1) is 28.8 Å². The fourth-order valence-electron chi connectivity index (χ4n) is 3.57. The van der Waals surface area contributed by atoms with E-state index in [-0.39, 0.29) is 17.8 Å². The van der Waals surface area contributed by atoms with Crippen LogP contribution in [0.2, 0.25) is 0 Å². The average Bonchev–Trinajstić information content (AvgIpc) is 3.16. The number of fused-ring (bicyclic) bond motifs is 3. The van der Waals surface area contributed by atoms with Crippen molar-refractivity contribution >= 4 is 44.0 Å². The zero-order chi connectivity index (χ0) is 19.3. The molecule has 0 radical (unpaired) electrons. The van der Waals surface area contributed by atoms with Crippen LogP contribution in [-0.4, -0.2) is 44.2 Å². The maximum Gasteiger partial charge on any atom is 0.410 e. The second-order valence-electron chi connectivity index (χ2n) is 7.85. The van der Waals surface area contributed by atoms with Gasteiger partial charge in [-0.3, -0.25) is 9.55 Å². The summed E-state index contributed by atoms with van der Waals surface area (Å²) in [5, 5.41) is 0.899. The second kappa shape index (κ2) is 6.37. The van der Waals surface area contributed by atoms with E-state index in [0.717, 1.165) is 20.9 Å². The SMILES string of the molecule is CC(C)(C)OC(=O)N1CCC(n2c(=O)[nH]c3cnc4ccc(Br)cc4c32)C1. The van der Waals surface area contributed by atoms with Crippen molar-refractivity contribution in [3.63, 3.8) is 0 Å². The molecule has 2 aromatic heterocycles. The third-order valence-electron chi connectivity index (χ3n) is 4.68. The first-order valence-electron chi connectivity index (χ1n) is 8.89. The Labute approximate surface area is 164 Å².